The monoisotopic (exact) mass is 407 g/mol. The van der Waals surface area contributed by atoms with Crippen molar-refractivity contribution in [2.75, 3.05) is 0 Å². The quantitative estimate of drug-likeness (QED) is 0.513. The van der Waals surface area contributed by atoms with Crippen LogP contribution in [0.1, 0.15) is 22.5 Å². The lowest BCUT2D eigenvalue weighted by Crippen LogP contribution is -2.30. The highest BCUT2D eigenvalue weighted by Gasteiger charge is 2.34. The summed E-state index contributed by atoms with van der Waals surface area (Å²) in [7, 11) is 0. The highest BCUT2D eigenvalue weighted by Crippen LogP contribution is 2.25. The van der Waals surface area contributed by atoms with Gasteiger partial charge in [-0.2, -0.15) is 0 Å². The number of rotatable bonds is 4. The number of halogens is 2. The molecule has 0 unspecified atom stereocenters. The van der Waals surface area contributed by atoms with E-state index >= 15 is 0 Å². The molecule has 2 aromatic carbocycles. The topological polar surface area (TPSA) is 54.3 Å². The van der Waals surface area contributed by atoms with Crippen LogP contribution in [0.2, 0.25) is 0 Å². The van der Waals surface area contributed by atoms with Gasteiger partial charge in [-0.1, -0.05) is 30.3 Å². The van der Waals surface area contributed by atoms with Crippen LogP contribution in [-0.4, -0.2) is 21.4 Å². The summed E-state index contributed by atoms with van der Waals surface area (Å²) >= 11 is 0. The van der Waals surface area contributed by atoms with Crippen LogP contribution >= 0.6 is 0 Å². The highest BCUT2D eigenvalue weighted by molar-refractivity contribution is 6.14. The van der Waals surface area contributed by atoms with Gasteiger partial charge in [0.25, 0.3) is 5.91 Å². The van der Waals surface area contributed by atoms with Gasteiger partial charge in [-0.15, -0.1) is 0 Å². The Labute approximate surface area is 172 Å². The number of imide groups is 1. The Kier molecular flexibility index (Phi) is 4.95. The summed E-state index contributed by atoms with van der Waals surface area (Å²) in [6.45, 7) is 3.48. The van der Waals surface area contributed by atoms with Crippen LogP contribution in [0.25, 0.3) is 11.8 Å². The maximum absolute atomic E-state index is 14.3. The third-order valence-electron chi connectivity index (χ3n) is 5.11. The minimum absolute atomic E-state index is 0.0881. The van der Waals surface area contributed by atoms with Crippen molar-refractivity contribution in [2.24, 2.45) is 0 Å². The molecule has 30 heavy (non-hydrogen) atoms. The van der Waals surface area contributed by atoms with Crippen molar-refractivity contribution >= 4 is 18.0 Å². The summed E-state index contributed by atoms with van der Waals surface area (Å²) in [6.07, 6.45) is 1.56. The SMILES string of the molecule is Cc1cc(/C=C2/NC(=O)N(Cc3ccccc3F)C2=O)c(C)n1-c1ccccc1F. The number of amides is 3. The zero-order valence-electron chi connectivity index (χ0n) is 16.4. The first-order valence-electron chi connectivity index (χ1n) is 9.38. The Morgan fingerprint density at radius 1 is 0.967 bits per heavy atom. The van der Waals surface area contributed by atoms with Gasteiger partial charge in [0.2, 0.25) is 0 Å². The minimum Gasteiger partial charge on any atom is -0.315 e. The van der Waals surface area contributed by atoms with E-state index in [0.717, 1.165) is 16.3 Å². The molecule has 3 amide bonds. The van der Waals surface area contributed by atoms with Crippen molar-refractivity contribution in [1.29, 1.82) is 0 Å². The first-order valence-corrected chi connectivity index (χ1v) is 9.38. The van der Waals surface area contributed by atoms with Crippen LogP contribution < -0.4 is 5.32 Å². The molecule has 1 aliphatic heterocycles. The number of carbonyl (C=O) groups excluding carboxylic acids is 2. The second-order valence-electron chi connectivity index (χ2n) is 7.08. The van der Waals surface area contributed by atoms with E-state index in [4.69, 9.17) is 0 Å². The van der Waals surface area contributed by atoms with Gasteiger partial charge in [-0.25, -0.2) is 13.6 Å². The molecule has 7 heteroatoms. The van der Waals surface area contributed by atoms with Crippen molar-refractivity contribution in [2.45, 2.75) is 20.4 Å². The Balaban J connectivity index is 1.66. The molecule has 3 aromatic rings. The highest BCUT2D eigenvalue weighted by atomic mass is 19.1. The lowest BCUT2D eigenvalue weighted by atomic mass is 10.2. The average Bonchev–Trinajstić information content (AvgIpc) is 3.14. The summed E-state index contributed by atoms with van der Waals surface area (Å²) in [5, 5.41) is 2.54. The summed E-state index contributed by atoms with van der Waals surface area (Å²) in [4.78, 5) is 26.0. The molecule has 1 saturated heterocycles. The number of carbonyl (C=O) groups is 2. The van der Waals surface area contributed by atoms with E-state index < -0.39 is 17.8 Å². The largest absolute Gasteiger partial charge is 0.329 e. The van der Waals surface area contributed by atoms with E-state index in [-0.39, 0.29) is 23.6 Å². The maximum Gasteiger partial charge on any atom is 0.329 e. The van der Waals surface area contributed by atoms with Gasteiger partial charge in [0, 0.05) is 17.0 Å². The second-order valence-corrected chi connectivity index (χ2v) is 7.08. The first-order chi connectivity index (χ1) is 14.4. The van der Waals surface area contributed by atoms with Gasteiger partial charge in [0.15, 0.2) is 0 Å². The van der Waals surface area contributed by atoms with Crippen LogP contribution in [0.3, 0.4) is 0 Å². The molecule has 1 aromatic heterocycles. The number of benzene rings is 2. The molecule has 0 atom stereocenters. The number of nitrogens with one attached hydrogen (secondary N) is 1. The van der Waals surface area contributed by atoms with Crippen molar-refractivity contribution in [3.05, 3.63) is 94.4 Å². The Morgan fingerprint density at radius 3 is 2.33 bits per heavy atom. The zero-order chi connectivity index (χ0) is 21.4. The molecular weight excluding hydrogens is 388 g/mol. The summed E-state index contributed by atoms with van der Waals surface area (Å²) in [5.74, 6) is -1.39. The van der Waals surface area contributed by atoms with Crippen LogP contribution in [-0.2, 0) is 11.3 Å². The fourth-order valence-electron chi connectivity index (χ4n) is 3.61. The van der Waals surface area contributed by atoms with Crippen LogP contribution in [0.4, 0.5) is 13.6 Å². The Hall–Kier alpha value is -3.74. The molecular formula is C23H19F2N3O2. The number of nitrogens with zero attached hydrogens (tertiary/aromatic N) is 2. The van der Waals surface area contributed by atoms with E-state index in [9.17, 15) is 18.4 Å². The summed E-state index contributed by atoms with van der Waals surface area (Å²) in [6, 6.07) is 13.6. The van der Waals surface area contributed by atoms with E-state index in [2.05, 4.69) is 5.32 Å². The summed E-state index contributed by atoms with van der Waals surface area (Å²) in [5.41, 5.74) is 2.92. The van der Waals surface area contributed by atoms with Gasteiger partial charge in [-0.05, 0) is 49.8 Å². The first kappa shape index (κ1) is 19.6. The molecule has 0 spiro atoms. The smallest absolute Gasteiger partial charge is 0.315 e. The fraction of sp³-hybridized carbons (Fsp3) is 0.130. The minimum atomic E-state index is -0.614. The number of para-hydroxylation sites is 1. The van der Waals surface area contributed by atoms with Crippen molar-refractivity contribution in [3.63, 3.8) is 0 Å². The van der Waals surface area contributed by atoms with Gasteiger partial charge in [-0.3, -0.25) is 9.69 Å². The Morgan fingerprint density at radius 2 is 1.63 bits per heavy atom. The van der Waals surface area contributed by atoms with E-state index in [1.807, 2.05) is 19.9 Å². The predicted octanol–water partition coefficient (Wildman–Crippen LogP) is 4.47. The molecule has 0 saturated carbocycles. The molecule has 1 N–H and O–H groups in total. The van der Waals surface area contributed by atoms with E-state index in [1.165, 1.54) is 18.2 Å². The molecule has 0 radical (unpaired) electrons. The predicted molar refractivity (Wildman–Crippen MR) is 109 cm³/mol. The number of hydrogen-bond acceptors (Lipinski definition) is 2. The van der Waals surface area contributed by atoms with Crippen LogP contribution in [0.5, 0.6) is 0 Å². The van der Waals surface area contributed by atoms with Gasteiger partial charge < -0.3 is 9.88 Å². The third-order valence-corrected chi connectivity index (χ3v) is 5.11. The van der Waals surface area contributed by atoms with E-state index in [1.54, 1.807) is 41.0 Å². The number of hydrogen-bond donors (Lipinski definition) is 1. The van der Waals surface area contributed by atoms with Gasteiger partial charge in [0.1, 0.15) is 17.3 Å². The van der Waals surface area contributed by atoms with Gasteiger partial charge in [0.05, 0.1) is 12.2 Å². The molecule has 1 aliphatic rings. The Bertz CT molecular complexity index is 1200. The fourth-order valence-corrected chi connectivity index (χ4v) is 3.61. The molecule has 2 heterocycles. The molecule has 152 valence electrons. The van der Waals surface area contributed by atoms with Crippen molar-refractivity contribution in [3.8, 4) is 5.69 Å². The molecule has 0 aliphatic carbocycles. The number of urea groups is 1. The lowest BCUT2D eigenvalue weighted by molar-refractivity contribution is -0.123. The normalized spacial score (nSPS) is 15.2. The molecule has 4 rings (SSSR count). The van der Waals surface area contributed by atoms with Gasteiger partial charge >= 0.3 is 6.03 Å². The summed E-state index contributed by atoms with van der Waals surface area (Å²) < 4.78 is 29.9. The zero-order valence-corrected chi connectivity index (χ0v) is 16.4. The lowest BCUT2D eigenvalue weighted by Gasteiger charge is -2.12. The number of aromatic nitrogens is 1. The second kappa shape index (κ2) is 7.59. The molecule has 5 nitrogen and oxygen atoms in total. The standard InChI is InChI=1S/C23H19F2N3O2/c1-14-11-17(15(2)28(14)21-10-6-5-9-19(21)25)12-20-22(29)27(23(30)26-20)13-16-7-3-4-8-18(16)24/h3-12H,13H2,1-2H3,(H,26,30)/b20-12+. The number of aryl methyl sites for hydroxylation is 1. The van der Waals surface area contributed by atoms with Crippen LogP contribution in [0.15, 0.2) is 60.3 Å². The average molecular weight is 407 g/mol. The molecule has 1 fully saturated rings. The van der Waals surface area contributed by atoms with Crippen molar-refractivity contribution < 1.29 is 18.4 Å². The molecule has 0 bridgehead atoms. The maximum atomic E-state index is 14.3. The van der Waals surface area contributed by atoms with E-state index in [0.29, 0.717) is 11.3 Å². The third kappa shape index (κ3) is 3.39. The van der Waals surface area contributed by atoms with Crippen LogP contribution in [0, 0.1) is 25.5 Å². The van der Waals surface area contributed by atoms with Crippen molar-refractivity contribution in [1.82, 2.24) is 14.8 Å².